The minimum atomic E-state index is 0.544. The number of allylic oxidation sites excluding steroid dienone is 2. The summed E-state index contributed by atoms with van der Waals surface area (Å²) in [5.41, 5.74) is 0. The summed E-state index contributed by atoms with van der Waals surface area (Å²) >= 11 is 0. The second-order valence-corrected chi connectivity index (χ2v) is 5.48. The van der Waals surface area contributed by atoms with Crippen molar-refractivity contribution in [1.82, 2.24) is 10.3 Å². The number of nitrogens with one attached hydrogen (secondary N) is 1. The summed E-state index contributed by atoms with van der Waals surface area (Å²) in [5.74, 6) is 4.12. The van der Waals surface area contributed by atoms with Crippen LogP contribution in [0.5, 0.6) is 0 Å². The maximum atomic E-state index is 5.47. The quantitative estimate of drug-likeness (QED) is 0.811. The molecule has 2 bridgehead atoms. The first-order valence-corrected chi connectivity index (χ1v) is 6.55. The standard InChI is InChI=1S/C14H20N2O/c1-9-7-16-14(17-9)8-15-10(2)13-6-11-3-4-12(13)5-11/h3-4,7,10-13,15H,5-6,8H2,1-2H3. The highest BCUT2D eigenvalue weighted by Gasteiger charge is 2.38. The van der Waals surface area contributed by atoms with Gasteiger partial charge in [-0.1, -0.05) is 12.2 Å². The van der Waals surface area contributed by atoms with Gasteiger partial charge in [0.2, 0.25) is 5.89 Å². The molecule has 1 aromatic heterocycles. The molecule has 2 aliphatic carbocycles. The van der Waals surface area contributed by atoms with Gasteiger partial charge in [-0.15, -0.1) is 0 Å². The predicted octanol–water partition coefficient (Wildman–Crippen LogP) is 2.67. The van der Waals surface area contributed by atoms with Crippen molar-refractivity contribution in [3.05, 3.63) is 30.0 Å². The highest BCUT2D eigenvalue weighted by molar-refractivity contribution is 5.11. The molecule has 92 valence electrons. The zero-order valence-corrected chi connectivity index (χ0v) is 10.5. The molecule has 1 fully saturated rings. The zero-order chi connectivity index (χ0) is 11.8. The third kappa shape index (κ3) is 2.16. The van der Waals surface area contributed by atoms with Gasteiger partial charge >= 0.3 is 0 Å². The number of hydrogen-bond donors (Lipinski definition) is 1. The first-order valence-electron chi connectivity index (χ1n) is 6.55. The molecule has 0 radical (unpaired) electrons. The Balaban J connectivity index is 1.54. The molecular weight excluding hydrogens is 212 g/mol. The fraction of sp³-hybridized carbons (Fsp3) is 0.643. The van der Waals surface area contributed by atoms with E-state index in [1.165, 1.54) is 12.8 Å². The van der Waals surface area contributed by atoms with Crippen molar-refractivity contribution in [3.8, 4) is 0 Å². The normalized spacial score (nSPS) is 32.2. The first kappa shape index (κ1) is 11.0. The summed E-state index contributed by atoms with van der Waals surface area (Å²) < 4.78 is 5.47. The molecule has 0 aromatic carbocycles. The van der Waals surface area contributed by atoms with Crippen LogP contribution in [-0.4, -0.2) is 11.0 Å². The number of fused-ring (bicyclic) bond motifs is 2. The lowest BCUT2D eigenvalue weighted by atomic mass is 9.87. The number of nitrogens with zero attached hydrogens (tertiary/aromatic N) is 1. The summed E-state index contributed by atoms with van der Waals surface area (Å²) in [6.45, 7) is 4.96. The van der Waals surface area contributed by atoms with Gasteiger partial charge in [-0.25, -0.2) is 4.98 Å². The van der Waals surface area contributed by atoms with Gasteiger partial charge in [0.25, 0.3) is 0 Å². The topological polar surface area (TPSA) is 38.1 Å². The number of hydrogen-bond acceptors (Lipinski definition) is 3. The van der Waals surface area contributed by atoms with Gasteiger partial charge in [0.1, 0.15) is 5.76 Å². The minimum absolute atomic E-state index is 0.544. The number of aryl methyl sites for hydroxylation is 1. The van der Waals surface area contributed by atoms with Crippen LogP contribution in [0.25, 0.3) is 0 Å². The van der Waals surface area contributed by atoms with Crippen LogP contribution in [0.1, 0.15) is 31.4 Å². The lowest BCUT2D eigenvalue weighted by molar-refractivity contribution is 0.313. The van der Waals surface area contributed by atoms with Gasteiger partial charge in [0, 0.05) is 6.04 Å². The molecule has 3 rings (SSSR count). The SMILES string of the molecule is Cc1cnc(CNC(C)C2CC3C=CC2C3)o1. The van der Waals surface area contributed by atoms with E-state index in [1.54, 1.807) is 6.20 Å². The first-order chi connectivity index (χ1) is 8.22. The zero-order valence-electron chi connectivity index (χ0n) is 10.5. The molecule has 1 saturated carbocycles. The summed E-state index contributed by atoms with van der Waals surface area (Å²) in [5, 5.41) is 3.55. The molecular formula is C14H20N2O. The van der Waals surface area contributed by atoms with Crippen LogP contribution < -0.4 is 5.32 Å². The molecule has 4 atom stereocenters. The van der Waals surface area contributed by atoms with Crippen molar-refractivity contribution < 1.29 is 4.42 Å². The Labute approximate surface area is 102 Å². The van der Waals surface area contributed by atoms with Crippen molar-refractivity contribution in [2.45, 2.75) is 39.3 Å². The van der Waals surface area contributed by atoms with Gasteiger partial charge in [-0.05, 0) is 44.4 Å². The van der Waals surface area contributed by atoms with Crippen LogP contribution in [0.3, 0.4) is 0 Å². The maximum Gasteiger partial charge on any atom is 0.208 e. The number of oxazole rings is 1. The Morgan fingerprint density at radius 2 is 2.35 bits per heavy atom. The van der Waals surface area contributed by atoms with E-state index in [0.29, 0.717) is 6.04 Å². The monoisotopic (exact) mass is 232 g/mol. The third-order valence-electron chi connectivity index (χ3n) is 4.22. The molecule has 1 aromatic rings. The van der Waals surface area contributed by atoms with Crippen molar-refractivity contribution in [3.63, 3.8) is 0 Å². The molecule has 17 heavy (non-hydrogen) atoms. The second kappa shape index (κ2) is 4.30. The molecule has 2 aliphatic rings. The van der Waals surface area contributed by atoms with E-state index in [0.717, 1.165) is 35.9 Å². The fourth-order valence-electron chi connectivity index (χ4n) is 3.28. The lowest BCUT2D eigenvalue weighted by Gasteiger charge is -2.25. The van der Waals surface area contributed by atoms with E-state index in [1.807, 2.05) is 6.92 Å². The highest BCUT2D eigenvalue weighted by atomic mass is 16.4. The van der Waals surface area contributed by atoms with Crippen LogP contribution in [-0.2, 0) is 6.54 Å². The van der Waals surface area contributed by atoms with Crippen LogP contribution in [0.4, 0.5) is 0 Å². The van der Waals surface area contributed by atoms with Gasteiger partial charge in [0.05, 0.1) is 12.7 Å². The van der Waals surface area contributed by atoms with E-state index >= 15 is 0 Å². The van der Waals surface area contributed by atoms with E-state index in [9.17, 15) is 0 Å². The van der Waals surface area contributed by atoms with E-state index in [-0.39, 0.29) is 0 Å². The predicted molar refractivity (Wildman–Crippen MR) is 66.4 cm³/mol. The Bertz CT molecular complexity index is 424. The largest absolute Gasteiger partial charge is 0.445 e. The van der Waals surface area contributed by atoms with Gasteiger partial charge in [-0.2, -0.15) is 0 Å². The van der Waals surface area contributed by atoms with Crippen molar-refractivity contribution in [1.29, 1.82) is 0 Å². The molecule has 3 heteroatoms. The van der Waals surface area contributed by atoms with Crippen molar-refractivity contribution in [2.75, 3.05) is 0 Å². The van der Waals surface area contributed by atoms with E-state index in [2.05, 4.69) is 29.4 Å². The van der Waals surface area contributed by atoms with Crippen LogP contribution in [0.15, 0.2) is 22.8 Å². The average Bonchev–Trinajstić information content (AvgIpc) is 3.01. The Kier molecular flexibility index (Phi) is 2.79. The molecule has 1 N–H and O–H groups in total. The Morgan fingerprint density at radius 3 is 2.94 bits per heavy atom. The summed E-state index contributed by atoms with van der Waals surface area (Å²) in [7, 11) is 0. The molecule has 0 saturated heterocycles. The summed E-state index contributed by atoms with van der Waals surface area (Å²) in [6.07, 6.45) is 9.30. The van der Waals surface area contributed by atoms with Gasteiger partial charge in [0.15, 0.2) is 0 Å². The van der Waals surface area contributed by atoms with Crippen LogP contribution in [0.2, 0.25) is 0 Å². The fourth-order valence-corrected chi connectivity index (χ4v) is 3.28. The second-order valence-electron chi connectivity index (χ2n) is 5.48. The van der Waals surface area contributed by atoms with E-state index in [4.69, 9.17) is 4.42 Å². The Hall–Kier alpha value is -1.09. The molecule has 0 amide bonds. The third-order valence-corrected chi connectivity index (χ3v) is 4.22. The molecule has 0 spiro atoms. The Morgan fingerprint density at radius 1 is 1.47 bits per heavy atom. The molecule has 1 heterocycles. The number of aromatic nitrogens is 1. The smallest absolute Gasteiger partial charge is 0.208 e. The van der Waals surface area contributed by atoms with Crippen LogP contribution in [0, 0.1) is 24.7 Å². The number of rotatable bonds is 4. The van der Waals surface area contributed by atoms with Crippen molar-refractivity contribution >= 4 is 0 Å². The highest BCUT2D eigenvalue weighted by Crippen LogP contribution is 2.44. The molecule has 4 unspecified atom stereocenters. The summed E-state index contributed by atoms with van der Waals surface area (Å²) in [4.78, 5) is 4.22. The van der Waals surface area contributed by atoms with Gasteiger partial charge in [-0.3, -0.25) is 0 Å². The lowest BCUT2D eigenvalue weighted by Crippen LogP contribution is -2.35. The summed E-state index contributed by atoms with van der Waals surface area (Å²) in [6, 6.07) is 0.544. The minimum Gasteiger partial charge on any atom is -0.445 e. The van der Waals surface area contributed by atoms with Gasteiger partial charge < -0.3 is 9.73 Å². The molecule has 3 nitrogen and oxygen atoms in total. The molecule has 0 aliphatic heterocycles. The maximum absolute atomic E-state index is 5.47. The average molecular weight is 232 g/mol. The van der Waals surface area contributed by atoms with Crippen LogP contribution >= 0.6 is 0 Å². The van der Waals surface area contributed by atoms with E-state index < -0.39 is 0 Å². The van der Waals surface area contributed by atoms with Crippen molar-refractivity contribution in [2.24, 2.45) is 17.8 Å².